The summed E-state index contributed by atoms with van der Waals surface area (Å²) in [6.07, 6.45) is 0.922. The van der Waals surface area contributed by atoms with Crippen molar-refractivity contribution in [2.75, 3.05) is 19.6 Å². The summed E-state index contributed by atoms with van der Waals surface area (Å²) in [5.74, 6) is -5.39. The van der Waals surface area contributed by atoms with E-state index >= 15 is 0 Å². The van der Waals surface area contributed by atoms with Crippen molar-refractivity contribution in [3.63, 3.8) is 0 Å². The molecular formula is C15H17F3N2O2. The van der Waals surface area contributed by atoms with Gasteiger partial charge in [-0.15, -0.1) is 0 Å². The lowest BCUT2D eigenvalue weighted by molar-refractivity contribution is -0.126. The third-order valence-electron chi connectivity index (χ3n) is 3.77. The smallest absolute Gasteiger partial charge is 0.256 e. The lowest BCUT2D eigenvalue weighted by Gasteiger charge is -2.31. The highest BCUT2D eigenvalue weighted by molar-refractivity contribution is 5.94. The van der Waals surface area contributed by atoms with Gasteiger partial charge in [0.05, 0.1) is 5.56 Å². The van der Waals surface area contributed by atoms with Gasteiger partial charge in [-0.05, 0) is 31.9 Å². The second-order valence-electron chi connectivity index (χ2n) is 5.18. The van der Waals surface area contributed by atoms with Gasteiger partial charge in [-0.1, -0.05) is 0 Å². The molecule has 1 aliphatic rings. The Labute approximate surface area is 126 Å². The molecule has 1 aromatic rings. The first-order chi connectivity index (χ1) is 10.5. The quantitative estimate of drug-likeness (QED) is 0.869. The molecule has 0 unspecified atom stereocenters. The van der Waals surface area contributed by atoms with Crippen LogP contribution < -0.4 is 5.32 Å². The van der Waals surface area contributed by atoms with E-state index in [1.54, 1.807) is 0 Å². The van der Waals surface area contributed by atoms with Crippen LogP contribution in [0.1, 0.15) is 30.1 Å². The summed E-state index contributed by atoms with van der Waals surface area (Å²) in [5, 5.41) is 2.72. The fourth-order valence-electron chi connectivity index (χ4n) is 2.52. The van der Waals surface area contributed by atoms with E-state index in [0.717, 1.165) is 12.1 Å². The van der Waals surface area contributed by atoms with Gasteiger partial charge in [0.1, 0.15) is 0 Å². The highest BCUT2D eigenvalue weighted by Gasteiger charge is 2.29. The number of carbonyl (C=O) groups excluding carboxylic acids is 2. The molecule has 1 aromatic carbocycles. The summed E-state index contributed by atoms with van der Waals surface area (Å²) in [5.41, 5.74) is -0.490. The molecular weight excluding hydrogens is 297 g/mol. The lowest BCUT2D eigenvalue weighted by Crippen LogP contribution is -2.43. The Morgan fingerprint density at radius 2 is 1.82 bits per heavy atom. The van der Waals surface area contributed by atoms with Crippen LogP contribution in [0.15, 0.2) is 12.1 Å². The zero-order valence-corrected chi connectivity index (χ0v) is 12.2. The van der Waals surface area contributed by atoms with Gasteiger partial charge in [0.25, 0.3) is 5.91 Å². The van der Waals surface area contributed by atoms with Crippen molar-refractivity contribution in [3.05, 3.63) is 35.1 Å². The summed E-state index contributed by atoms with van der Waals surface area (Å²) in [6, 6.07) is 1.67. The van der Waals surface area contributed by atoms with Crippen LogP contribution in [0.5, 0.6) is 0 Å². The molecule has 1 aliphatic heterocycles. The van der Waals surface area contributed by atoms with Gasteiger partial charge in [-0.2, -0.15) is 0 Å². The number of benzene rings is 1. The van der Waals surface area contributed by atoms with Gasteiger partial charge in [0, 0.05) is 25.6 Å². The average molecular weight is 314 g/mol. The highest BCUT2D eigenvalue weighted by Crippen LogP contribution is 2.22. The van der Waals surface area contributed by atoms with Crippen LogP contribution >= 0.6 is 0 Å². The number of nitrogens with one attached hydrogen (secondary N) is 1. The minimum Gasteiger partial charge on any atom is -0.356 e. The molecule has 1 fully saturated rings. The number of hydrogen-bond acceptors (Lipinski definition) is 2. The Bertz CT molecular complexity index is 584. The van der Waals surface area contributed by atoms with Gasteiger partial charge in [0.2, 0.25) is 5.91 Å². The molecule has 0 aliphatic carbocycles. The molecule has 2 amide bonds. The second kappa shape index (κ2) is 6.81. The number of halogens is 3. The molecule has 0 atom stereocenters. The molecule has 0 radical (unpaired) electrons. The molecule has 2 rings (SSSR count). The fourth-order valence-corrected chi connectivity index (χ4v) is 2.52. The van der Waals surface area contributed by atoms with Crippen LogP contribution in [-0.2, 0) is 4.79 Å². The van der Waals surface area contributed by atoms with E-state index in [2.05, 4.69) is 5.32 Å². The maximum Gasteiger partial charge on any atom is 0.256 e. The van der Waals surface area contributed by atoms with Crippen LogP contribution in [0.2, 0.25) is 0 Å². The van der Waals surface area contributed by atoms with Crippen molar-refractivity contribution in [2.24, 2.45) is 5.92 Å². The Morgan fingerprint density at radius 1 is 1.18 bits per heavy atom. The van der Waals surface area contributed by atoms with Crippen molar-refractivity contribution >= 4 is 11.8 Å². The molecule has 4 nitrogen and oxygen atoms in total. The fraction of sp³-hybridized carbons (Fsp3) is 0.467. The third kappa shape index (κ3) is 3.23. The highest BCUT2D eigenvalue weighted by atomic mass is 19.2. The molecule has 0 saturated carbocycles. The Kier molecular flexibility index (Phi) is 5.05. The predicted molar refractivity (Wildman–Crippen MR) is 73.6 cm³/mol. The second-order valence-corrected chi connectivity index (χ2v) is 5.18. The zero-order chi connectivity index (χ0) is 16.3. The number of hydrogen-bond donors (Lipinski definition) is 1. The SMILES string of the molecule is CCNC(=O)C1CCN(C(=O)c2ccc(F)c(F)c2F)CC1. The molecule has 22 heavy (non-hydrogen) atoms. The van der Waals surface area contributed by atoms with Crippen molar-refractivity contribution < 1.29 is 22.8 Å². The van der Waals surface area contributed by atoms with Crippen LogP contribution in [0.4, 0.5) is 13.2 Å². The van der Waals surface area contributed by atoms with Crippen LogP contribution in [0.3, 0.4) is 0 Å². The Balaban J connectivity index is 2.04. The van der Waals surface area contributed by atoms with Gasteiger partial charge < -0.3 is 10.2 Å². The number of carbonyl (C=O) groups is 2. The molecule has 0 spiro atoms. The normalized spacial score (nSPS) is 15.7. The molecule has 1 N–H and O–H groups in total. The first-order valence-corrected chi connectivity index (χ1v) is 7.16. The van der Waals surface area contributed by atoms with Crippen molar-refractivity contribution in [2.45, 2.75) is 19.8 Å². The summed E-state index contributed by atoms with van der Waals surface area (Å²) < 4.78 is 39.7. The number of nitrogens with zero attached hydrogens (tertiary/aromatic N) is 1. The molecule has 1 saturated heterocycles. The topological polar surface area (TPSA) is 49.4 Å². The molecule has 7 heteroatoms. The average Bonchev–Trinajstić information content (AvgIpc) is 2.52. The van der Waals surface area contributed by atoms with E-state index < -0.39 is 28.9 Å². The van der Waals surface area contributed by atoms with Crippen molar-refractivity contribution in [3.8, 4) is 0 Å². The van der Waals surface area contributed by atoms with E-state index in [4.69, 9.17) is 0 Å². The summed E-state index contributed by atoms with van der Waals surface area (Å²) in [7, 11) is 0. The predicted octanol–water partition coefficient (Wildman–Crippen LogP) is 2.09. The number of likely N-dealkylation sites (tertiary alicyclic amines) is 1. The largest absolute Gasteiger partial charge is 0.356 e. The van der Waals surface area contributed by atoms with E-state index in [9.17, 15) is 22.8 Å². The molecule has 0 aromatic heterocycles. The number of amides is 2. The van der Waals surface area contributed by atoms with Gasteiger partial charge in [-0.3, -0.25) is 9.59 Å². The maximum absolute atomic E-state index is 13.6. The van der Waals surface area contributed by atoms with Crippen molar-refractivity contribution in [1.82, 2.24) is 10.2 Å². The zero-order valence-electron chi connectivity index (χ0n) is 12.2. The van der Waals surface area contributed by atoms with E-state index in [1.807, 2.05) is 6.92 Å². The Morgan fingerprint density at radius 3 is 2.41 bits per heavy atom. The number of rotatable bonds is 3. The summed E-state index contributed by atoms with van der Waals surface area (Å²) in [6.45, 7) is 2.92. The first kappa shape index (κ1) is 16.3. The summed E-state index contributed by atoms with van der Waals surface area (Å²) in [4.78, 5) is 25.3. The van der Waals surface area contributed by atoms with Crippen LogP contribution in [0.25, 0.3) is 0 Å². The van der Waals surface area contributed by atoms with Crippen LogP contribution in [-0.4, -0.2) is 36.3 Å². The summed E-state index contributed by atoms with van der Waals surface area (Å²) >= 11 is 0. The Hall–Kier alpha value is -2.05. The van der Waals surface area contributed by atoms with Gasteiger partial charge >= 0.3 is 0 Å². The van der Waals surface area contributed by atoms with E-state index in [-0.39, 0.29) is 24.9 Å². The van der Waals surface area contributed by atoms with E-state index in [1.165, 1.54) is 4.90 Å². The molecule has 120 valence electrons. The monoisotopic (exact) mass is 314 g/mol. The van der Waals surface area contributed by atoms with Gasteiger partial charge in [-0.25, -0.2) is 13.2 Å². The maximum atomic E-state index is 13.6. The molecule has 0 bridgehead atoms. The minimum absolute atomic E-state index is 0.0615. The molecule has 1 heterocycles. The van der Waals surface area contributed by atoms with E-state index in [0.29, 0.717) is 19.4 Å². The lowest BCUT2D eigenvalue weighted by atomic mass is 9.95. The minimum atomic E-state index is -1.65. The first-order valence-electron chi connectivity index (χ1n) is 7.16. The standard InChI is InChI=1S/C15H17F3N2O2/c1-2-19-14(21)9-5-7-20(8-6-9)15(22)10-3-4-11(16)13(18)12(10)17/h3-4,9H,2,5-8H2,1H3,(H,19,21). The van der Waals surface area contributed by atoms with Crippen LogP contribution in [0, 0.1) is 23.4 Å². The van der Waals surface area contributed by atoms with Crippen molar-refractivity contribution in [1.29, 1.82) is 0 Å². The third-order valence-corrected chi connectivity index (χ3v) is 3.77. The number of piperidine rings is 1. The van der Waals surface area contributed by atoms with Gasteiger partial charge in [0.15, 0.2) is 17.5 Å².